The summed E-state index contributed by atoms with van der Waals surface area (Å²) < 4.78 is 27.7. The molecule has 1 aromatic carbocycles. The molecule has 0 bridgehead atoms. The molecule has 1 aromatic rings. The largest absolute Gasteiger partial charge is 0.335 e. The van der Waals surface area contributed by atoms with Crippen LogP contribution in [0.2, 0.25) is 0 Å². The number of rotatable bonds is 3. The molecule has 0 aliphatic carbocycles. The smallest absolute Gasteiger partial charge is 0.305 e. The number of alkyl halides is 1. The van der Waals surface area contributed by atoms with Gasteiger partial charge in [-0.05, 0) is 18.9 Å². The second-order valence-electron chi connectivity index (χ2n) is 4.46. The van der Waals surface area contributed by atoms with Crippen LogP contribution in [0.25, 0.3) is 0 Å². The third-order valence-electron chi connectivity index (χ3n) is 3.30. The van der Waals surface area contributed by atoms with Crippen molar-refractivity contribution in [3.05, 3.63) is 39.4 Å². The van der Waals surface area contributed by atoms with Gasteiger partial charge in [-0.3, -0.25) is 14.9 Å². The van der Waals surface area contributed by atoms with Crippen molar-refractivity contribution in [3.63, 3.8) is 0 Å². The highest BCUT2D eigenvalue weighted by molar-refractivity contribution is 9.09. The van der Waals surface area contributed by atoms with Gasteiger partial charge in [0, 0.05) is 24.0 Å². The second kappa shape index (κ2) is 5.82. The average Bonchev–Trinajstić information content (AvgIpc) is 2.86. The van der Waals surface area contributed by atoms with Crippen molar-refractivity contribution < 1.29 is 18.5 Å². The Hall–Kier alpha value is -1.57. The molecule has 1 unspecified atom stereocenters. The Bertz CT molecular complexity index is 568. The van der Waals surface area contributed by atoms with E-state index in [1.807, 2.05) is 0 Å². The summed E-state index contributed by atoms with van der Waals surface area (Å²) in [4.78, 5) is 23.3. The predicted octanol–water partition coefficient (Wildman–Crippen LogP) is 2.87. The number of nitrogens with zero attached hydrogens (tertiary/aromatic N) is 2. The van der Waals surface area contributed by atoms with Gasteiger partial charge in [-0.1, -0.05) is 15.9 Å². The van der Waals surface area contributed by atoms with Gasteiger partial charge in [-0.25, -0.2) is 4.39 Å². The molecule has 1 fully saturated rings. The lowest BCUT2D eigenvalue weighted by Crippen LogP contribution is -2.37. The van der Waals surface area contributed by atoms with Crippen LogP contribution in [0, 0.1) is 21.7 Å². The van der Waals surface area contributed by atoms with Crippen molar-refractivity contribution >= 4 is 27.5 Å². The second-order valence-corrected chi connectivity index (χ2v) is 5.11. The summed E-state index contributed by atoms with van der Waals surface area (Å²) >= 11 is 3.24. The van der Waals surface area contributed by atoms with E-state index in [0.717, 1.165) is 18.9 Å². The van der Waals surface area contributed by atoms with Gasteiger partial charge in [0.2, 0.25) is 5.82 Å². The molecule has 108 valence electrons. The summed E-state index contributed by atoms with van der Waals surface area (Å²) in [5, 5.41) is 11.2. The molecule has 5 nitrogen and oxygen atoms in total. The van der Waals surface area contributed by atoms with E-state index < -0.39 is 33.7 Å². The standard InChI is InChI=1S/C12H11BrF2N2O3/c13-6-7-2-1-5-16(7)12(18)10-8(14)3-4-9(11(10)15)17(19)20/h3-4,7H,1-2,5-6H2. The molecule has 8 heteroatoms. The molecule has 2 rings (SSSR count). The van der Waals surface area contributed by atoms with E-state index >= 15 is 0 Å². The predicted molar refractivity (Wildman–Crippen MR) is 70.9 cm³/mol. The number of nitro groups is 1. The molecule has 1 atom stereocenters. The van der Waals surface area contributed by atoms with Crippen LogP contribution in [-0.2, 0) is 0 Å². The van der Waals surface area contributed by atoms with Crippen LogP contribution in [0.1, 0.15) is 23.2 Å². The van der Waals surface area contributed by atoms with Gasteiger partial charge in [0.25, 0.3) is 5.91 Å². The molecule has 0 N–H and O–H groups in total. The normalized spacial score (nSPS) is 18.4. The molecule has 1 heterocycles. The van der Waals surface area contributed by atoms with Crippen LogP contribution in [0.15, 0.2) is 12.1 Å². The monoisotopic (exact) mass is 348 g/mol. The highest BCUT2D eigenvalue weighted by Crippen LogP contribution is 2.27. The lowest BCUT2D eigenvalue weighted by molar-refractivity contribution is -0.387. The zero-order valence-electron chi connectivity index (χ0n) is 10.3. The Morgan fingerprint density at radius 1 is 1.50 bits per heavy atom. The van der Waals surface area contributed by atoms with E-state index in [1.54, 1.807) is 0 Å². The SMILES string of the molecule is O=C(c1c(F)ccc([N+](=O)[O-])c1F)N1CCCC1CBr. The lowest BCUT2D eigenvalue weighted by atomic mass is 10.1. The van der Waals surface area contributed by atoms with Gasteiger partial charge in [0.1, 0.15) is 11.4 Å². The number of hydrogen-bond donors (Lipinski definition) is 0. The minimum atomic E-state index is -1.42. The van der Waals surface area contributed by atoms with E-state index in [9.17, 15) is 23.7 Å². The van der Waals surface area contributed by atoms with Crippen LogP contribution in [0.3, 0.4) is 0 Å². The third kappa shape index (κ3) is 2.52. The summed E-state index contributed by atoms with van der Waals surface area (Å²) in [6.45, 7) is 0.386. The van der Waals surface area contributed by atoms with E-state index in [4.69, 9.17) is 0 Å². The maximum Gasteiger partial charge on any atom is 0.305 e. The Labute approximate surface area is 121 Å². The molecular formula is C12H11BrF2N2O3. The summed E-state index contributed by atoms with van der Waals surface area (Å²) in [6.07, 6.45) is 1.47. The first kappa shape index (κ1) is 14.8. The number of benzene rings is 1. The Kier molecular flexibility index (Phi) is 4.32. The van der Waals surface area contributed by atoms with Crippen LogP contribution in [0.5, 0.6) is 0 Å². The van der Waals surface area contributed by atoms with Crippen molar-refractivity contribution in [3.8, 4) is 0 Å². The molecule has 20 heavy (non-hydrogen) atoms. The fraction of sp³-hybridized carbons (Fsp3) is 0.417. The molecule has 0 radical (unpaired) electrons. The fourth-order valence-corrected chi connectivity index (χ4v) is 2.96. The summed E-state index contributed by atoms with van der Waals surface area (Å²) in [6, 6.07) is 1.31. The molecule has 0 spiro atoms. The number of hydrogen-bond acceptors (Lipinski definition) is 3. The maximum atomic E-state index is 14.0. The van der Waals surface area contributed by atoms with Gasteiger partial charge in [0.15, 0.2) is 0 Å². The number of likely N-dealkylation sites (tertiary alicyclic amines) is 1. The minimum Gasteiger partial charge on any atom is -0.335 e. The molecule has 0 aromatic heterocycles. The first-order chi connectivity index (χ1) is 9.47. The van der Waals surface area contributed by atoms with E-state index in [0.29, 0.717) is 17.9 Å². The number of amides is 1. The number of carbonyl (C=O) groups excluding carboxylic acids is 1. The zero-order chi connectivity index (χ0) is 14.9. The first-order valence-electron chi connectivity index (χ1n) is 5.96. The third-order valence-corrected chi connectivity index (χ3v) is 4.04. The van der Waals surface area contributed by atoms with Crippen LogP contribution >= 0.6 is 15.9 Å². The lowest BCUT2D eigenvalue weighted by Gasteiger charge is -2.23. The quantitative estimate of drug-likeness (QED) is 0.479. The van der Waals surface area contributed by atoms with Gasteiger partial charge in [0.05, 0.1) is 4.92 Å². The van der Waals surface area contributed by atoms with E-state index in [2.05, 4.69) is 15.9 Å². The molecule has 0 saturated carbocycles. The summed E-state index contributed by atoms with van der Waals surface area (Å²) in [5.74, 6) is -3.34. The van der Waals surface area contributed by atoms with Gasteiger partial charge < -0.3 is 4.90 Å². The van der Waals surface area contributed by atoms with Crippen LogP contribution in [0.4, 0.5) is 14.5 Å². The number of halogens is 3. The number of carbonyl (C=O) groups is 1. The van der Waals surface area contributed by atoms with Crippen LogP contribution in [-0.4, -0.2) is 33.6 Å². The Morgan fingerprint density at radius 3 is 2.80 bits per heavy atom. The molecule has 1 saturated heterocycles. The zero-order valence-corrected chi connectivity index (χ0v) is 11.9. The Morgan fingerprint density at radius 2 is 2.20 bits per heavy atom. The number of nitro benzene ring substituents is 1. The molecular weight excluding hydrogens is 338 g/mol. The van der Waals surface area contributed by atoms with Crippen molar-refractivity contribution in [2.75, 3.05) is 11.9 Å². The fourth-order valence-electron chi connectivity index (χ4n) is 2.29. The van der Waals surface area contributed by atoms with Crippen molar-refractivity contribution in [2.24, 2.45) is 0 Å². The topological polar surface area (TPSA) is 63.4 Å². The van der Waals surface area contributed by atoms with E-state index in [-0.39, 0.29) is 6.04 Å². The maximum absolute atomic E-state index is 14.0. The van der Waals surface area contributed by atoms with Gasteiger partial charge in [-0.15, -0.1) is 0 Å². The van der Waals surface area contributed by atoms with Gasteiger partial charge >= 0.3 is 5.69 Å². The minimum absolute atomic E-state index is 0.152. The molecule has 1 aliphatic rings. The van der Waals surface area contributed by atoms with Crippen molar-refractivity contribution in [1.82, 2.24) is 4.90 Å². The highest BCUT2D eigenvalue weighted by Gasteiger charge is 2.34. The average molecular weight is 349 g/mol. The van der Waals surface area contributed by atoms with Gasteiger partial charge in [-0.2, -0.15) is 4.39 Å². The molecule has 1 aliphatic heterocycles. The van der Waals surface area contributed by atoms with Crippen molar-refractivity contribution in [1.29, 1.82) is 0 Å². The van der Waals surface area contributed by atoms with Crippen molar-refractivity contribution in [2.45, 2.75) is 18.9 Å². The first-order valence-corrected chi connectivity index (χ1v) is 7.08. The molecule has 1 amide bonds. The Balaban J connectivity index is 2.44. The highest BCUT2D eigenvalue weighted by atomic mass is 79.9. The summed E-state index contributed by atoms with van der Waals surface area (Å²) in [5.41, 5.74) is -1.75. The summed E-state index contributed by atoms with van der Waals surface area (Å²) in [7, 11) is 0. The van der Waals surface area contributed by atoms with Crippen LogP contribution < -0.4 is 0 Å². The van der Waals surface area contributed by atoms with E-state index in [1.165, 1.54) is 4.90 Å².